The first-order chi connectivity index (χ1) is 10.1. The Kier molecular flexibility index (Phi) is 5.28. The summed E-state index contributed by atoms with van der Waals surface area (Å²) in [5.74, 6) is -0.194. The quantitative estimate of drug-likeness (QED) is 0.886. The molecule has 2 N–H and O–H groups in total. The average molecular weight is 291 g/mol. The summed E-state index contributed by atoms with van der Waals surface area (Å²) in [6, 6.07) is 11.4. The maximum atomic E-state index is 13.7. The van der Waals surface area contributed by atoms with Crippen molar-refractivity contribution in [2.75, 3.05) is 13.7 Å². The number of rotatable bonds is 6. The molecule has 0 amide bonds. The second kappa shape index (κ2) is 7.18. The van der Waals surface area contributed by atoms with E-state index < -0.39 is 11.6 Å². The Balaban J connectivity index is 2.09. The van der Waals surface area contributed by atoms with Crippen molar-refractivity contribution in [1.29, 1.82) is 0 Å². The third-order valence-electron chi connectivity index (χ3n) is 3.52. The van der Waals surface area contributed by atoms with Gasteiger partial charge in [0, 0.05) is 6.07 Å². The Hall–Kier alpha value is -1.94. The van der Waals surface area contributed by atoms with Crippen molar-refractivity contribution in [3.8, 4) is 5.75 Å². The molecule has 21 heavy (non-hydrogen) atoms. The summed E-state index contributed by atoms with van der Waals surface area (Å²) in [7, 11) is 1.62. The first-order valence-corrected chi connectivity index (χ1v) is 6.89. The number of nitrogens with two attached hydrogens (primary N) is 1. The molecule has 0 fully saturated rings. The van der Waals surface area contributed by atoms with E-state index in [9.17, 15) is 8.78 Å². The molecule has 2 aromatic rings. The number of benzene rings is 2. The van der Waals surface area contributed by atoms with Crippen LogP contribution >= 0.6 is 0 Å². The third kappa shape index (κ3) is 4.26. The van der Waals surface area contributed by atoms with Crippen LogP contribution in [0.1, 0.15) is 11.1 Å². The minimum atomic E-state index is -0.562. The van der Waals surface area contributed by atoms with Crippen LogP contribution in [0.15, 0.2) is 42.5 Å². The summed E-state index contributed by atoms with van der Waals surface area (Å²) < 4.78 is 31.8. The molecule has 0 bridgehead atoms. The molecule has 0 radical (unpaired) electrons. The van der Waals surface area contributed by atoms with Gasteiger partial charge in [-0.15, -0.1) is 0 Å². The van der Waals surface area contributed by atoms with E-state index in [0.29, 0.717) is 18.5 Å². The van der Waals surface area contributed by atoms with Crippen molar-refractivity contribution in [2.45, 2.75) is 12.8 Å². The van der Waals surface area contributed by atoms with Gasteiger partial charge in [0.05, 0.1) is 7.11 Å². The number of methoxy groups -OCH3 is 1. The van der Waals surface area contributed by atoms with Crippen LogP contribution in [-0.2, 0) is 12.8 Å². The highest BCUT2D eigenvalue weighted by Gasteiger charge is 2.13. The normalized spacial score (nSPS) is 12.2. The van der Waals surface area contributed by atoms with Gasteiger partial charge in [0.15, 0.2) is 0 Å². The molecule has 2 rings (SSSR count). The van der Waals surface area contributed by atoms with Gasteiger partial charge < -0.3 is 10.5 Å². The monoisotopic (exact) mass is 291 g/mol. The molecule has 0 saturated carbocycles. The van der Waals surface area contributed by atoms with Gasteiger partial charge in [-0.1, -0.05) is 18.2 Å². The number of halogens is 2. The summed E-state index contributed by atoms with van der Waals surface area (Å²) in [6.45, 7) is 0.439. The molecule has 2 nitrogen and oxygen atoms in total. The van der Waals surface area contributed by atoms with Gasteiger partial charge in [-0.3, -0.25) is 0 Å². The van der Waals surface area contributed by atoms with Gasteiger partial charge in [0.2, 0.25) is 0 Å². The van der Waals surface area contributed by atoms with Crippen molar-refractivity contribution in [3.05, 3.63) is 65.2 Å². The summed E-state index contributed by atoms with van der Waals surface area (Å²) in [5, 5.41) is 0. The second-order valence-corrected chi connectivity index (χ2v) is 5.10. The average Bonchev–Trinajstić information content (AvgIpc) is 2.49. The number of hydrogen-bond acceptors (Lipinski definition) is 2. The van der Waals surface area contributed by atoms with Crippen LogP contribution in [-0.4, -0.2) is 13.7 Å². The van der Waals surface area contributed by atoms with E-state index in [4.69, 9.17) is 10.5 Å². The standard InChI is InChI=1S/C17H19F2NO/c1-21-16-4-2-3-12(9-16)7-13(11-20)8-14-5-6-15(18)10-17(14)19/h2-6,9-10,13H,7-8,11,20H2,1H3. The van der Waals surface area contributed by atoms with Gasteiger partial charge in [-0.25, -0.2) is 8.78 Å². The minimum absolute atomic E-state index is 0.0945. The van der Waals surface area contributed by atoms with Gasteiger partial charge in [0.1, 0.15) is 17.4 Å². The summed E-state index contributed by atoms with van der Waals surface area (Å²) in [6.07, 6.45) is 1.21. The van der Waals surface area contributed by atoms with E-state index in [2.05, 4.69) is 0 Å². The van der Waals surface area contributed by atoms with Crippen molar-refractivity contribution in [1.82, 2.24) is 0 Å². The van der Waals surface area contributed by atoms with Crippen molar-refractivity contribution >= 4 is 0 Å². The second-order valence-electron chi connectivity index (χ2n) is 5.10. The van der Waals surface area contributed by atoms with Crippen molar-refractivity contribution in [3.63, 3.8) is 0 Å². The Labute approximate surface area is 123 Å². The summed E-state index contributed by atoms with van der Waals surface area (Å²) >= 11 is 0. The van der Waals surface area contributed by atoms with Crippen molar-refractivity contribution in [2.24, 2.45) is 11.7 Å². The van der Waals surface area contributed by atoms with Crippen LogP contribution in [0.4, 0.5) is 8.78 Å². The van der Waals surface area contributed by atoms with Gasteiger partial charge in [-0.05, 0) is 54.6 Å². The molecule has 1 atom stereocenters. The maximum absolute atomic E-state index is 13.7. The van der Waals surface area contributed by atoms with E-state index in [1.807, 2.05) is 24.3 Å². The Bertz CT molecular complexity index is 601. The lowest BCUT2D eigenvalue weighted by Gasteiger charge is -2.16. The molecular weight excluding hydrogens is 272 g/mol. The molecule has 0 aromatic heterocycles. The first-order valence-electron chi connectivity index (χ1n) is 6.89. The fourth-order valence-corrected chi connectivity index (χ4v) is 2.37. The largest absolute Gasteiger partial charge is 0.497 e. The molecule has 0 aliphatic carbocycles. The molecule has 4 heteroatoms. The fraction of sp³-hybridized carbons (Fsp3) is 0.294. The van der Waals surface area contributed by atoms with E-state index in [0.717, 1.165) is 23.8 Å². The predicted molar refractivity (Wildman–Crippen MR) is 79.3 cm³/mol. The minimum Gasteiger partial charge on any atom is -0.497 e. The first kappa shape index (κ1) is 15.4. The smallest absolute Gasteiger partial charge is 0.129 e. The van der Waals surface area contributed by atoms with E-state index in [1.165, 1.54) is 12.1 Å². The molecule has 1 unspecified atom stereocenters. The molecule has 112 valence electrons. The van der Waals surface area contributed by atoms with Crippen molar-refractivity contribution < 1.29 is 13.5 Å². The molecular formula is C17H19F2NO. The van der Waals surface area contributed by atoms with Crippen LogP contribution in [0.25, 0.3) is 0 Å². The lowest BCUT2D eigenvalue weighted by atomic mass is 9.92. The van der Waals surface area contributed by atoms with Crippen LogP contribution in [0.3, 0.4) is 0 Å². The molecule has 0 heterocycles. The Morgan fingerprint density at radius 3 is 2.57 bits per heavy atom. The van der Waals surface area contributed by atoms with E-state index in [-0.39, 0.29) is 5.92 Å². The van der Waals surface area contributed by atoms with Gasteiger partial charge in [0.25, 0.3) is 0 Å². The highest BCUT2D eigenvalue weighted by molar-refractivity contribution is 5.29. The van der Waals surface area contributed by atoms with Gasteiger partial charge in [-0.2, -0.15) is 0 Å². The van der Waals surface area contributed by atoms with E-state index >= 15 is 0 Å². The zero-order valence-corrected chi connectivity index (χ0v) is 12.0. The lowest BCUT2D eigenvalue weighted by molar-refractivity contribution is 0.413. The molecule has 0 saturated heterocycles. The molecule has 0 aliphatic heterocycles. The van der Waals surface area contributed by atoms with Crippen LogP contribution in [0.2, 0.25) is 0 Å². The van der Waals surface area contributed by atoms with Crippen LogP contribution in [0.5, 0.6) is 5.75 Å². The van der Waals surface area contributed by atoms with E-state index in [1.54, 1.807) is 7.11 Å². The fourth-order valence-electron chi connectivity index (χ4n) is 2.37. The predicted octanol–water partition coefficient (Wildman–Crippen LogP) is 3.33. The Morgan fingerprint density at radius 1 is 1.10 bits per heavy atom. The SMILES string of the molecule is COc1cccc(CC(CN)Cc2ccc(F)cc2F)c1. The topological polar surface area (TPSA) is 35.2 Å². The Morgan fingerprint density at radius 2 is 1.90 bits per heavy atom. The number of hydrogen-bond donors (Lipinski definition) is 1. The molecule has 0 spiro atoms. The zero-order chi connectivity index (χ0) is 15.2. The highest BCUT2D eigenvalue weighted by atomic mass is 19.1. The van der Waals surface area contributed by atoms with Gasteiger partial charge >= 0.3 is 0 Å². The molecule has 2 aromatic carbocycles. The summed E-state index contributed by atoms with van der Waals surface area (Å²) in [4.78, 5) is 0. The summed E-state index contributed by atoms with van der Waals surface area (Å²) in [5.41, 5.74) is 7.38. The number of ether oxygens (including phenoxy) is 1. The maximum Gasteiger partial charge on any atom is 0.129 e. The zero-order valence-electron chi connectivity index (χ0n) is 12.0. The lowest BCUT2D eigenvalue weighted by Crippen LogP contribution is -2.20. The van der Waals surface area contributed by atoms with Crippen LogP contribution < -0.4 is 10.5 Å². The highest BCUT2D eigenvalue weighted by Crippen LogP contribution is 2.20. The third-order valence-corrected chi connectivity index (χ3v) is 3.52. The van der Waals surface area contributed by atoms with Crippen LogP contribution in [0, 0.1) is 17.6 Å². The molecule has 0 aliphatic rings.